The van der Waals surface area contributed by atoms with Crippen LogP contribution >= 0.6 is 11.3 Å². The first-order valence-corrected chi connectivity index (χ1v) is 4.19. The van der Waals surface area contributed by atoms with Crippen LogP contribution in [0, 0.1) is 0 Å². The zero-order chi connectivity index (χ0) is 10.8. The van der Waals surface area contributed by atoms with E-state index in [1.165, 1.54) is 11.6 Å². The fraction of sp³-hybridized carbons (Fsp3) is 0.143. The summed E-state index contributed by atoms with van der Waals surface area (Å²) in [5.41, 5.74) is 0. The summed E-state index contributed by atoms with van der Waals surface area (Å²) < 4.78 is 35.1. The molecule has 3 nitrogen and oxygen atoms in total. The molecule has 1 heterocycles. The molecule has 15 heavy (non-hydrogen) atoms. The van der Waals surface area contributed by atoms with Crippen molar-refractivity contribution in [2.75, 3.05) is 0 Å². The summed E-state index contributed by atoms with van der Waals surface area (Å²) in [6.07, 6.45) is -3.74. The SMILES string of the molecule is O=C(/C=C(\[O-])c1nccs1)C(F)(F)F.[Na+]. The molecule has 0 bridgehead atoms. The van der Waals surface area contributed by atoms with Crippen LogP contribution in [0.4, 0.5) is 13.2 Å². The van der Waals surface area contributed by atoms with Crippen molar-refractivity contribution in [2.24, 2.45) is 0 Å². The van der Waals surface area contributed by atoms with E-state index in [-0.39, 0.29) is 40.6 Å². The molecule has 0 fully saturated rings. The molecule has 0 aliphatic heterocycles. The van der Waals surface area contributed by atoms with Gasteiger partial charge in [0.15, 0.2) is 0 Å². The molecule has 0 aromatic carbocycles. The number of allylic oxidation sites excluding steroid dienone is 1. The van der Waals surface area contributed by atoms with Crippen molar-refractivity contribution in [3.8, 4) is 0 Å². The van der Waals surface area contributed by atoms with Gasteiger partial charge >= 0.3 is 35.7 Å². The molecule has 1 aromatic heterocycles. The average molecular weight is 245 g/mol. The third kappa shape index (κ3) is 4.33. The Kier molecular flexibility index (Phi) is 5.50. The molecule has 0 aliphatic rings. The number of alkyl halides is 3. The molecular formula is C7H3F3NNaO2S. The van der Waals surface area contributed by atoms with Crippen molar-refractivity contribution in [2.45, 2.75) is 6.18 Å². The van der Waals surface area contributed by atoms with Gasteiger partial charge in [0.2, 0.25) is 0 Å². The molecule has 0 amide bonds. The molecule has 8 heteroatoms. The summed E-state index contributed by atoms with van der Waals surface area (Å²) in [5, 5.41) is 12.2. The maximum Gasteiger partial charge on any atom is 1.00 e. The zero-order valence-electron chi connectivity index (χ0n) is 7.54. The molecule has 0 N–H and O–H groups in total. The number of carbonyl (C=O) groups excluding carboxylic acids is 1. The molecule has 1 rings (SSSR count). The number of aromatic nitrogens is 1. The van der Waals surface area contributed by atoms with Gasteiger partial charge < -0.3 is 5.11 Å². The Morgan fingerprint density at radius 3 is 2.53 bits per heavy atom. The van der Waals surface area contributed by atoms with E-state index in [1.54, 1.807) is 0 Å². The van der Waals surface area contributed by atoms with E-state index in [0.717, 1.165) is 11.3 Å². The smallest absolute Gasteiger partial charge is 0.870 e. The molecule has 0 spiro atoms. The third-order valence-corrected chi connectivity index (χ3v) is 1.97. The van der Waals surface area contributed by atoms with E-state index in [4.69, 9.17) is 0 Å². The number of halogens is 3. The van der Waals surface area contributed by atoms with Gasteiger partial charge in [-0.2, -0.15) is 13.2 Å². The Morgan fingerprint density at radius 2 is 2.13 bits per heavy atom. The number of nitrogens with zero attached hydrogens (tertiary/aromatic N) is 1. The Morgan fingerprint density at radius 1 is 1.53 bits per heavy atom. The van der Waals surface area contributed by atoms with Crippen LogP contribution in [0.25, 0.3) is 5.76 Å². The number of thiazole rings is 1. The van der Waals surface area contributed by atoms with Gasteiger partial charge in [-0.05, 0) is 6.08 Å². The molecule has 0 aliphatic carbocycles. The van der Waals surface area contributed by atoms with Crippen LogP contribution in [0.15, 0.2) is 17.7 Å². The topological polar surface area (TPSA) is 53.0 Å². The van der Waals surface area contributed by atoms with Crippen molar-refractivity contribution in [1.82, 2.24) is 4.98 Å². The van der Waals surface area contributed by atoms with Crippen LogP contribution in [0.2, 0.25) is 0 Å². The first-order valence-electron chi connectivity index (χ1n) is 3.31. The number of hydrogen-bond acceptors (Lipinski definition) is 4. The first kappa shape index (κ1) is 14.6. The predicted octanol–water partition coefficient (Wildman–Crippen LogP) is -2.02. The van der Waals surface area contributed by atoms with Crippen LogP contribution in [0.3, 0.4) is 0 Å². The van der Waals surface area contributed by atoms with Gasteiger partial charge in [0, 0.05) is 11.6 Å². The van der Waals surface area contributed by atoms with Crippen molar-refractivity contribution >= 4 is 22.9 Å². The van der Waals surface area contributed by atoms with Crippen LogP contribution in [0.5, 0.6) is 0 Å². The Labute approximate surface area is 109 Å². The number of rotatable bonds is 2. The maximum absolute atomic E-state index is 11.7. The fourth-order valence-corrected chi connectivity index (χ4v) is 1.16. The molecule has 0 saturated carbocycles. The molecule has 76 valence electrons. The Balaban J connectivity index is 0.00000196. The van der Waals surface area contributed by atoms with Crippen molar-refractivity contribution < 1.29 is 52.6 Å². The standard InChI is InChI=1S/C7H4F3NO2S.Na/c8-7(9,10)5(13)3-4(12)6-11-1-2-14-6;/h1-3,12H;/q;+1/p-1/b4-3-;. The normalized spacial score (nSPS) is 12.1. The van der Waals surface area contributed by atoms with Crippen LogP contribution < -0.4 is 34.7 Å². The average Bonchev–Trinajstić information content (AvgIpc) is 2.53. The molecule has 0 unspecified atom stereocenters. The largest absolute Gasteiger partial charge is 1.00 e. The van der Waals surface area contributed by atoms with Crippen LogP contribution in [0.1, 0.15) is 5.01 Å². The van der Waals surface area contributed by atoms with Crippen molar-refractivity contribution in [3.63, 3.8) is 0 Å². The first-order chi connectivity index (χ1) is 6.41. The minimum Gasteiger partial charge on any atom is -0.870 e. The van der Waals surface area contributed by atoms with E-state index in [0.29, 0.717) is 0 Å². The minimum atomic E-state index is -5.01. The summed E-state index contributed by atoms with van der Waals surface area (Å²) in [5.74, 6) is -3.19. The van der Waals surface area contributed by atoms with Crippen molar-refractivity contribution in [3.05, 3.63) is 22.7 Å². The molecule has 0 saturated heterocycles. The summed E-state index contributed by atoms with van der Waals surface area (Å²) in [7, 11) is 0. The summed E-state index contributed by atoms with van der Waals surface area (Å²) in [6.45, 7) is 0. The van der Waals surface area contributed by atoms with Crippen LogP contribution in [-0.4, -0.2) is 16.9 Å². The Bertz CT molecular complexity index is 361. The fourth-order valence-electron chi connectivity index (χ4n) is 0.608. The van der Waals surface area contributed by atoms with Gasteiger partial charge in [-0.1, -0.05) is 5.76 Å². The quantitative estimate of drug-likeness (QED) is 0.343. The molecule has 1 aromatic rings. The zero-order valence-corrected chi connectivity index (χ0v) is 10.4. The second-order valence-corrected chi connectivity index (χ2v) is 3.10. The van der Waals surface area contributed by atoms with Gasteiger partial charge in [0.25, 0.3) is 5.78 Å². The third-order valence-electron chi connectivity index (χ3n) is 1.18. The number of carbonyl (C=O) groups is 1. The predicted molar refractivity (Wildman–Crippen MR) is 41.2 cm³/mol. The monoisotopic (exact) mass is 245 g/mol. The van der Waals surface area contributed by atoms with Crippen LogP contribution in [-0.2, 0) is 4.79 Å². The van der Waals surface area contributed by atoms with E-state index >= 15 is 0 Å². The van der Waals surface area contributed by atoms with E-state index < -0.39 is 17.7 Å². The van der Waals surface area contributed by atoms with Gasteiger partial charge in [-0.3, -0.25) is 4.79 Å². The van der Waals surface area contributed by atoms with Gasteiger partial charge in [0.05, 0.1) is 0 Å². The Hall–Kier alpha value is -0.370. The van der Waals surface area contributed by atoms with E-state index in [1.807, 2.05) is 0 Å². The molecule has 0 atom stereocenters. The van der Waals surface area contributed by atoms with E-state index in [2.05, 4.69) is 4.98 Å². The summed E-state index contributed by atoms with van der Waals surface area (Å²) >= 11 is 0.872. The van der Waals surface area contributed by atoms with Gasteiger partial charge in [-0.15, -0.1) is 11.3 Å². The van der Waals surface area contributed by atoms with Gasteiger partial charge in [-0.25, -0.2) is 4.98 Å². The molecular weight excluding hydrogens is 242 g/mol. The van der Waals surface area contributed by atoms with Gasteiger partial charge in [0.1, 0.15) is 5.01 Å². The molecule has 0 radical (unpaired) electrons. The summed E-state index contributed by atoms with van der Waals surface area (Å²) in [6, 6.07) is 0. The summed E-state index contributed by atoms with van der Waals surface area (Å²) in [4.78, 5) is 13.8. The maximum atomic E-state index is 11.7. The van der Waals surface area contributed by atoms with E-state index in [9.17, 15) is 23.1 Å². The number of hydrogen-bond donors (Lipinski definition) is 0. The number of ketones is 1. The minimum absolute atomic E-state index is 0. The second kappa shape index (κ2) is 5.64. The van der Waals surface area contributed by atoms with Crippen molar-refractivity contribution in [1.29, 1.82) is 0 Å². The second-order valence-electron chi connectivity index (χ2n) is 2.21.